The Labute approximate surface area is 152 Å². The van der Waals surface area contributed by atoms with Gasteiger partial charge < -0.3 is 10.6 Å². The second-order valence-corrected chi connectivity index (χ2v) is 7.86. The molecule has 0 unspecified atom stereocenters. The highest BCUT2D eigenvalue weighted by Gasteiger charge is 2.24. The van der Waals surface area contributed by atoms with Crippen LogP contribution in [0.3, 0.4) is 0 Å². The molecule has 1 amide bonds. The van der Waals surface area contributed by atoms with E-state index in [0.29, 0.717) is 30.3 Å². The second kappa shape index (κ2) is 7.38. The van der Waals surface area contributed by atoms with E-state index in [-0.39, 0.29) is 16.8 Å². The van der Waals surface area contributed by atoms with Crippen LogP contribution in [0.5, 0.6) is 0 Å². The van der Waals surface area contributed by atoms with E-state index in [1.165, 1.54) is 12.1 Å². The lowest BCUT2D eigenvalue weighted by Gasteiger charge is -2.09. The van der Waals surface area contributed by atoms with Crippen LogP contribution in [0, 0.1) is 6.92 Å². The van der Waals surface area contributed by atoms with Crippen LogP contribution < -0.4 is 15.8 Å². The molecule has 1 aromatic heterocycles. The Morgan fingerprint density at radius 1 is 1.23 bits per heavy atom. The van der Waals surface area contributed by atoms with Gasteiger partial charge in [0.25, 0.3) is 5.91 Å². The summed E-state index contributed by atoms with van der Waals surface area (Å²) in [4.78, 5) is 20.7. The number of aromatic nitrogens is 2. The van der Waals surface area contributed by atoms with Crippen molar-refractivity contribution in [2.24, 2.45) is 5.14 Å². The third-order valence-electron chi connectivity index (χ3n) is 3.95. The van der Waals surface area contributed by atoms with Gasteiger partial charge in [0.1, 0.15) is 17.3 Å². The molecule has 2 aromatic rings. The molecule has 1 heterocycles. The lowest BCUT2D eigenvalue weighted by Crippen LogP contribution is -2.26. The van der Waals surface area contributed by atoms with Crippen LogP contribution in [0.4, 0.5) is 5.82 Å². The van der Waals surface area contributed by atoms with Crippen molar-refractivity contribution in [3.8, 4) is 0 Å². The van der Waals surface area contributed by atoms with Crippen molar-refractivity contribution >= 4 is 21.7 Å². The first-order chi connectivity index (χ1) is 12.3. The van der Waals surface area contributed by atoms with E-state index in [1.54, 1.807) is 25.1 Å². The first-order valence-corrected chi connectivity index (χ1v) is 9.88. The predicted molar refractivity (Wildman–Crippen MR) is 97.3 cm³/mol. The summed E-state index contributed by atoms with van der Waals surface area (Å²) in [5.74, 6) is 0.924. The number of carbonyl (C=O) groups excluding carboxylic acids is 1. The van der Waals surface area contributed by atoms with Crippen molar-refractivity contribution < 1.29 is 13.2 Å². The van der Waals surface area contributed by atoms with Gasteiger partial charge in [-0.05, 0) is 43.9 Å². The highest BCUT2D eigenvalue weighted by molar-refractivity contribution is 7.89. The topological polar surface area (TPSA) is 127 Å². The fourth-order valence-electron chi connectivity index (χ4n) is 2.44. The Kier molecular flexibility index (Phi) is 5.19. The van der Waals surface area contributed by atoms with Crippen molar-refractivity contribution in [2.75, 3.05) is 11.9 Å². The molecule has 0 saturated heterocycles. The van der Waals surface area contributed by atoms with E-state index in [1.807, 2.05) is 0 Å². The highest BCUT2D eigenvalue weighted by atomic mass is 32.2. The van der Waals surface area contributed by atoms with Gasteiger partial charge in [-0.15, -0.1) is 0 Å². The van der Waals surface area contributed by atoms with E-state index in [2.05, 4.69) is 20.6 Å². The van der Waals surface area contributed by atoms with Crippen molar-refractivity contribution in [1.29, 1.82) is 0 Å². The number of primary sulfonamides is 1. The molecule has 1 fully saturated rings. The second-order valence-electron chi connectivity index (χ2n) is 6.30. The molecule has 0 aliphatic heterocycles. The summed E-state index contributed by atoms with van der Waals surface area (Å²) in [6.45, 7) is 2.32. The zero-order chi connectivity index (χ0) is 18.7. The SMILES string of the molecule is Cc1nc(NCCc2ccc(S(N)(=O)=O)cc2)cc(C(=O)NC2CC2)n1. The smallest absolute Gasteiger partial charge is 0.270 e. The molecule has 4 N–H and O–H groups in total. The van der Waals surface area contributed by atoms with Crippen molar-refractivity contribution in [2.45, 2.75) is 37.1 Å². The van der Waals surface area contributed by atoms with Crippen molar-refractivity contribution in [1.82, 2.24) is 15.3 Å². The number of amides is 1. The average molecular weight is 375 g/mol. The minimum absolute atomic E-state index is 0.0898. The number of carbonyl (C=O) groups is 1. The maximum Gasteiger partial charge on any atom is 0.270 e. The molecule has 138 valence electrons. The lowest BCUT2D eigenvalue weighted by atomic mass is 10.1. The quantitative estimate of drug-likeness (QED) is 0.662. The zero-order valence-electron chi connectivity index (χ0n) is 14.4. The normalized spacial score (nSPS) is 14.1. The number of sulfonamides is 1. The molecular weight excluding hydrogens is 354 g/mol. The Morgan fingerprint density at radius 3 is 2.54 bits per heavy atom. The third kappa shape index (κ3) is 4.99. The highest BCUT2D eigenvalue weighted by Crippen LogP contribution is 2.19. The first kappa shape index (κ1) is 18.3. The molecule has 0 bridgehead atoms. The molecule has 1 aliphatic rings. The van der Waals surface area contributed by atoms with Crippen LogP contribution in [0.1, 0.15) is 34.7 Å². The van der Waals surface area contributed by atoms with Crippen LogP contribution in [-0.2, 0) is 16.4 Å². The standard InChI is InChI=1S/C17H21N5O3S/c1-11-20-15(17(23)22-13-4-5-13)10-16(21-11)19-9-8-12-2-6-14(7-3-12)26(18,24)25/h2-3,6-7,10,13H,4-5,8-9H2,1H3,(H,22,23)(H2,18,24,25)(H,19,20,21). The van der Waals surface area contributed by atoms with E-state index < -0.39 is 10.0 Å². The van der Waals surface area contributed by atoms with Gasteiger partial charge in [-0.2, -0.15) is 0 Å². The molecule has 1 aliphatic carbocycles. The Balaban J connectivity index is 1.59. The maximum absolute atomic E-state index is 12.1. The summed E-state index contributed by atoms with van der Waals surface area (Å²) in [5.41, 5.74) is 1.31. The Hall–Kier alpha value is -2.52. The van der Waals surface area contributed by atoms with E-state index >= 15 is 0 Å². The summed E-state index contributed by atoms with van der Waals surface area (Å²) in [6, 6.07) is 8.33. The van der Waals surface area contributed by atoms with Crippen molar-refractivity contribution in [3.05, 3.63) is 47.4 Å². The largest absolute Gasteiger partial charge is 0.370 e. The predicted octanol–water partition coefficient (Wildman–Crippen LogP) is 0.979. The number of nitrogens with two attached hydrogens (primary N) is 1. The molecule has 1 saturated carbocycles. The molecule has 26 heavy (non-hydrogen) atoms. The molecule has 1 aromatic carbocycles. The Morgan fingerprint density at radius 2 is 1.92 bits per heavy atom. The molecule has 0 atom stereocenters. The molecule has 0 radical (unpaired) electrons. The van der Waals surface area contributed by atoms with Crippen molar-refractivity contribution in [3.63, 3.8) is 0 Å². The van der Waals surface area contributed by atoms with Gasteiger partial charge in [-0.1, -0.05) is 12.1 Å². The van der Waals surface area contributed by atoms with E-state index in [4.69, 9.17) is 5.14 Å². The minimum Gasteiger partial charge on any atom is -0.370 e. The Bertz CT molecular complexity index is 908. The van der Waals surface area contributed by atoms with Crippen LogP contribution in [-0.4, -0.2) is 36.9 Å². The summed E-state index contributed by atoms with van der Waals surface area (Å²) in [6.07, 6.45) is 2.70. The number of hydrogen-bond acceptors (Lipinski definition) is 6. The van der Waals surface area contributed by atoms with Gasteiger partial charge in [0.05, 0.1) is 4.90 Å². The van der Waals surface area contributed by atoms with Gasteiger partial charge in [-0.25, -0.2) is 23.5 Å². The monoisotopic (exact) mass is 375 g/mol. The summed E-state index contributed by atoms with van der Waals surface area (Å²) < 4.78 is 22.5. The fourth-order valence-corrected chi connectivity index (χ4v) is 2.96. The molecule has 0 spiro atoms. The number of benzene rings is 1. The van der Waals surface area contributed by atoms with Gasteiger partial charge in [-0.3, -0.25) is 4.79 Å². The summed E-state index contributed by atoms with van der Waals surface area (Å²) in [7, 11) is -3.68. The molecule has 9 heteroatoms. The van der Waals surface area contributed by atoms with Gasteiger partial charge in [0.15, 0.2) is 0 Å². The first-order valence-electron chi connectivity index (χ1n) is 8.33. The average Bonchev–Trinajstić information content (AvgIpc) is 3.38. The number of nitrogens with one attached hydrogen (secondary N) is 2. The lowest BCUT2D eigenvalue weighted by molar-refractivity contribution is 0.0945. The molecular formula is C17H21N5O3S. The fraction of sp³-hybridized carbons (Fsp3) is 0.353. The summed E-state index contributed by atoms with van der Waals surface area (Å²) in [5, 5.41) is 11.2. The van der Waals surface area contributed by atoms with Gasteiger partial charge in [0, 0.05) is 18.7 Å². The summed E-state index contributed by atoms with van der Waals surface area (Å²) >= 11 is 0. The van der Waals surface area contributed by atoms with E-state index in [0.717, 1.165) is 18.4 Å². The number of aryl methyl sites for hydroxylation is 1. The van der Waals surface area contributed by atoms with Gasteiger partial charge in [0.2, 0.25) is 10.0 Å². The van der Waals surface area contributed by atoms with Crippen LogP contribution >= 0.6 is 0 Å². The molecule has 3 rings (SSSR count). The molecule has 8 nitrogen and oxygen atoms in total. The van der Waals surface area contributed by atoms with Crippen LogP contribution in [0.15, 0.2) is 35.2 Å². The minimum atomic E-state index is -3.68. The maximum atomic E-state index is 12.1. The van der Waals surface area contributed by atoms with E-state index in [9.17, 15) is 13.2 Å². The number of rotatable bonds is 7. The zero-order valence-corrected chi connectivity index (χ0v) is 15.2. The van der Waals surface area contributed by atoms with Gasteiger partial charge >= 0.3 is 0 Å². The third-order valence-corrected chi connectivity index (χ3v) is 4.88. The van der Waals surface area contributed by atoms with Crippen LogP contribution in [0.2, 0.25) is 0 Å². The van der Waals surface area contributed by atoms with Crippen LogP contribution in [0.25, 0.3) is 0 Å². The number of nitrogens with zero attached hydrogens (tertiary/aromatic N) is 2. The number of anilines is 1. The number of hydrogen-bond donors (Lipinski definition) is 3.